The molecule has 6 heteroatoms. The van der Waals surface area contributed by atoms with Crippen molar-refractivity contribution >= 4 is 47.3 Å². The molecular weight excluding hydrogens is 579 g/mol. The zero-order valence-electron chi connectivity index (χ0n) is 24.9. The van der Waals surface area contributed by atoms with Crippen LogP contribution in [0.2, 0.25) is 10.0 Å². The second-order valence-corrected chi connectivity index (χ2v) is 14.1. The van der Waals surface area contributed by atoms with Gasteiger partial charge in [0, 0.05) is 34.0 Å². The van der Waals surface area contributed by atoms with E-state index in [1.54, 1.807) is 12.2 Å². The highest BCUT2D eigenvalue weighted by Crippen LogP contribution is 2.65. The van der Waals surface area contributed by atoms with Crippen molar-refractivity contribution in [3.05, 3.63) is 93.5 Å². The third-order valence-corrected chi connectivity index (χ3v) is 11.8. The number of allylic oxidation sites excluding steroid dienone is 1. The number of rotatable bonds is 6. The zero-order chi connectivity index (χ0) is 30.2. The SMILES string of the molecule is C[C@]12CC[C@H]3[C@@H](CC=C4C[C@@H](OC(=O)/C=C/c5ccccc5Cl)CC[C@@]43C)[C@@H]1CC[C@@H]2OC(=O)/C=C/c1ccccc1Cl. The molecule has 0 N–H and O–H groups in total. The minimum atomic E-state index is -0.315. The molecule has 0 saturated heterocycles. The number of fused-ring (bicyclic) bond motifs is 5. The first-order valence-electron chi connectivity index (χ1n) is 15.6. The molecule has 2 aromatic carbocycles. The molecule has 0 aromatic heterocycles. The molecule has 43 heavy (non-hydrogen) atoms. The lowest BCUT2D eigenvalue weighted by molar-refractivity contribution is -0.153. The maximum atomic E-state index is 12.8. The standard InChI is InChI=1S/C37H40Cl2O4/c1-36-21-19-27(42-34(40)17-11-24-7-3-5-9-31(24)38)23-26(36)13-14-28-29-15-16-33(37(29,2)22-20-30(28)36)43-35(41)18-12-25-8-4-6-10-32(25)39/h3-13,17-18,27-30,33H,14-16,19-23H2,1-2H3/b17-11+,18-12+/t27-,28-,29-,30-,33-,36-,37-/m0/s1. The lowest BCUT2D eigenvalue weighted by atomic mass is 9.48. The molecule has 0 bridgehead atoms. The Morgan fingerprint density at radius 3 is 2.07 bits per heavy atom. The summed E-state index contributed by atoms with van der Waals surface area (Å²) in [6.45, 7) is 4.80. The van der Waals surface area contributed by atoms with Gasteiger partial charge in [-0.25, -0.2) is 9.59 Å². The molecule has 0 aliphatic heterocycles. The first kappa shape index (κ1) is 30.2. The molecule has 226 valence electrons. The maximum Gasteiger partial charge on any atom is 0.331 e. The van der Waals surface area contributed by atoms with Crippen molar-refractivity contribution in [2.45, 2.75) is 77.4 Å². The number of hydrogen-bond donors (Lipinski definition) is 0. The lowest BCUT2D eigenvalue weighted by Gasteiger charge is -2.57. The highest BCUT2D eigenvalue weighted by molar-refractivity contribution is 6.32. The minimum Gasteiger partial charge on any atom is -0.459 e. The Kier molecular flexibility index (Phi) is 8.63. The predicted octanol–water partition coefficient (Wildman–Crippen LogP) is 9.51. The van der Waals surface area contributed by atoms with Crippen LogP contribution in [0.5, 0.6) is 0 Å². The van der Waals surface area contributed by atoms with E-state index in [1.807, 2.05) is 48.5 Å². The molecule has 0 heterocycles. The molecule has 3 fully saturated rings. The largest absolute Gasteiger partial charge is 0.459 e. The zero-order valence-corrected chi connectivity index (χ0v) is 26.4. The van der Waals surface area contributed by atoms with Gasteiger partial charge in [0.15, 0.2) is 0 Å². The number of carbonyl (C=O) groups excluding carboxylic acids is 2. The predicted molar refractivity (Wildman–Crippen MR) is 172 cm³/mol. The van der Waals surface area contributed by atoms with Crippen molar-refractivity contribution in [3.8, 4) is 0 Å². The van der Waals surface area contributed by atoms with E-state index in [0.717, 1.165) is 62.5 Å². The fourth-order valence-electron chi connectivity index (χ4n) is 8.79. The van der Waals surface area contributed by atoms with Gasteiger partial charge in [-0.05, 0) is 104 Å². The number of benzene rings is 2. The van der Waals surface area contributed by atoms with Crippen molar-refractivity contribution in [1.82, 2.24) is 0 Å². The molecule has 0 radical (unpaired) electrons. The summed E-state index contributed by atoms with van der Waals surface area (Å²) in [4.78, 5) is 25.5. The second kappa shape index (κ2) is 12.3. The minimum absolute atomic E-state index is 0.00250. The summed E-state index contributed by atoms with van der Waals surface area (Å²) in [6.07, 6.45) is 16.8. The molecule has 4 aliphatic rings. The van der Waals surface area contributed by atoms with E-state index < -0.39 is 0 Å². The summed E-state index contributed by atoms with van der Waals surface area (Å²) >= 11 is 12.5. The van der Waals surface area contributed by atoms with Crippen LogP contribution in [0.4, 0.5) is 0 Å². The van der Waals surface area contributed by atoms with Crippen LogP contribution < -0.4 is 0 Å². The molecule has 0 unspecified atom stereocenters. The highest BCUT2D eigenvalue weighted by atomic mass is 35.5. The summed E-state index contributed by atoms with van der Waals surface area (Å²) in [7, 11) is 0. The average Bonchev–Trinajstić information content (AvgIpc) is 3.32. The Morgan fingerprint density at radius 2 is 1.42 bits per heavy atom. The van der Waals surface area contributed by atoms with Crippen molar-refractivity contribution in [1.29, 1.82) is 0 Å². The van der Waals surface area contributed by atoms with Crippen LogP contribution >= 0.6 is 23.2 Å². The quantitative estimate of drug-likeness (QED) is 0.184. The van der Waals surface area contributed by atoms with Crippen LogP contribution in [0.3, 0.4) is 0 Å². The van der Waals surface area contributed by atoms with E-state index in [4.69, 9.17) is 32.7 Å². The van der Waals surface area contributed by atoms with Gasteiger partial charge in [0.1, 0.15) is 12.2 Å². The third kappa shape index (κ3) is 5.98. The van der Waals surface area contributed by atoms with Gasteiger partial charge >= 0.3 is 11.9 Å². The highest BCUT2D eigenvalue weighted by Gasteiger charge is 2.59. The third-order valence-electron chi connectivity index (χ3n) is 11.1. The molecule has 4 aliphatic carbocycles. The molecular formula is C37H40Cl2O4. The number of ether oxygens (including phenoxy) is 2. The van der Waals surface area contributed by atoms with Crippen LogP contribution in [0.25, 0.3) is 12.2 Å². The summed E-state index contributed by atoms with van der Waals surface area (Å²) in [5.41, 5.74) is 3.21. The van der Waals surface area contributed by atoms with Crippen LogP contribution in [-0.4, -0.2) is 24.1 Å². The van der Waals surface area contributed by atoms with Crippen molar-refractivity contribution in [2.75, 3.05) is 0 Å². The van der Waals surface area contributed by atoms with Crippen molar-refractivity contribution in [3.63, 3.8) is 0 Å². The normalized spacial score (nSPS) is 33.4. The molecule has 2 aromatic rings. The van der Waals surface area contributed by atoms with Gasteiger partial charge in [0.2, 0.25) is 0 Å². The first-order chi connectivity index (χ1) is 20.7. The van der Waals surface area contributed by atoms with E-state index in [0.29, 0.717) is 27.8 Å². The van der Waals surface area contributed by atoms with Crippen molar-refractivity contribution in [2.24, 2.45) is 28.6 Å². The number of halogens is 2. The van der Waals surface area contributed by atoms with Crippen LogP contribution in [0.15, 0.2) is 72.3 Å². The summed E-state index contributed by atoms with van der Waals surface area (Å²) in [6, 6.07) is 15.0. The molecule has 0 amide bonds. The van der Waals surface area contributed by atoms with Gasteiger partial charge in [-0.15, -0.1) is 0 Å². The fraction of sp³-hybridized carbons (Fsp3) is 0.459. The number of carbonyl (C=O) groups is 2. The Hall–Kier alpha value is -2.82. The van der Waals surface area contributed by atoms with E-state index in [1.165, 1.54) is 17.7 Å². The van der Waals surface area contributed by atoms with Crippen LogP contribution in [-0.2, 0) is 19.1 Å². The second-order valence-electron chi connectivity index (χ2n) is 13.3. The topological polar surface area (TPSA) is 52.6 Å². The summed E-state index contributed by atoms with van der Waals surface area (Å²) in [5, 5.41) is 1.23. The van der Waals surface area contributed by atoms with Gasteiger partial charge in [0.25, 0.3) is 0 Å². The number of hydrogen-bond acceptors (Lipinski definition) is 4. The molecule has 3 saturated carbocycles. The van der Waals surface area contributed by atoms with Crippen LogP contribution in [0, 0.1) is 28.6 Å². The molecule has 6 rings (SSSR count). The fourth-order valence-corrected chi connectivity index (χ4v) is 9.19. The van der Waals surface area contributed by atoms with Gasteiger partial charge in [-0.1, -0.05) is 85.1 Å². The average molecular weight is 620 g/mol. The van der Waals surface area contributed by atoms with E-state index >= 15 is 0 Å². The van der Waals surface area contributed by atoms with E-state index in [9.17, 15) is 9.59 Å². The molecule has 0 spiro atoms. The van der Waals surface area contributed by atoms with E-state index in [-0.39, 0.29) is 35.0 Å². The monoisotopic (exact) mass is 618 g/mol. The van der Waals surface area contributed by atoms with E-state index in [2.05, 4.69) is 19.9 Å². The summed E-state index contributed by atoms with van der Waals surface area (Å²) in [5.74, 6) is 1.13. The Morgan fingerprint density at radius 1 is 0.791 bits per heavy atom. The first-order valence-corrected chi connectivity index (χ1v) is 16.4. The maximum absolute atomic E-state index is 12.8. The van der Waals surface area contributed by atoms with Crippen LogP contribution in [0.1, 0.15) is 76.3 Å². The Bertz CT molecular complexity index is 1480. The van der Waals surface area contributed by atoms with Gasteiger partial charge < -0.3 is 9.47 Å². The van der Waals surface area contributed by atoms with Crippen molar-refractivity contribution < 1.29 is 19.1 Å². The Labute approximate surface area is 265 Å². The summed E-state index contributed by atoms with van der Waals surface area (Å²) < 4.78 is 12.0. The van der Waals surface area contributed by atoms with Gasteiger partial charge in [0.05, 0.1) is 0 Å². The Balaban J connectivity index is 1.09. The smallest absolute Gasteiger partial charge is 0.331 e. The van der Waals surface area contributed by atoms with Gasteiger partial charge in [-0.2, -0.15) is 0 Å². The number of esters is 2. The lowest BCUT2D eigenvalue weighted by Crippen LogP contribution is -2.51. The van der Waals surface area contributed by atoms with Gasteiger partial charge in [-0.3, -0.25) is 0 Å². The molecule has 4 nitrogen and oxygen atoms in total. The molecule has 7 atom stereocenters.